The van der Waals surface area contributed by atoms with E-state index in [0.717, 1.165) is 0 Å². The van der Waals surface area contributed by atoms with Crippen LogP contribution < -0.4 is 5.32 Å². The summed E-state index contributed by atoms with van der Waals surface area (Å²) in [5.74, 6) is 0.304. The van der Waals surface area contributed by atoms with Crippen LogP contribution in [0.15, 0.2) is 36.7 Å². The van der Waals surface area contributed by atoms with Crippen molar-refractivity contribution in [2.75, 3.05) is 0 Å². The molecule has 3 rings (SSSR count). The summed E-state index contributed by atoms with van der Waals surface area (Å²) in [6.07, 6.45) is 3.43. The van der Waals surface area contributed by atoms with Gasteiger partial charge in [-0.25, -0.2) is 9.97 Å². The van der Waals surface area contributed by atoms with E-state index in [9.17, 15) is 14.9 Å². The molecule has 0 fully saturated rings. The van der Waals surface area contributed by atoms with Crippen molar-refractivity contribution >= 4 is 22.4 Å². The molecule has 1 amide bonds. The van der Waals surface area contributed by atoms with Gasteiger partial charge in [-0.3, -0.25) is 14.9 Å². The third-order valence-electron chi connectivity index (χ3n) is 3.72. The number of nitrogens with zero attached hydrogens (tertiary/aromatic N) is 4. The van der Waals surface area contributed by atoms with Crippen LogP contribution in [0, 0.1) is 17.0 Å². The summed E-state index contributed by atoms with van der Waals surface area (Å²) in [4.78, 5) is 31.7. The Morgan fingerprint density at radius 3 is 2.83 bits per heavy atom. The molecule has 0 aliphatic carbocycles. The maximum absolute atomic E-state index is 12.5. The lowest BCUT2D eigenvalue weighted by molar-refractivity contribution is -0.383. The molecule has 0 saturated heterocycles. The number of rotatable bonds is 4. The van der Waals surface area contributed by atoms with Gasteiger partial charge in [0.25, 0.3) is 11.6 Å². The normalized spacial score (nSPS) is 10.8. The van der Waals surface area contributed by atoms with Gasteiger partial charge in [-0.1, -0.05) is 12.1 Å². The van der Waals surface area contributed by atoms with Crippen LogP contribution >= 0.6 is 0 Å². The first-order valence-corrected chi connectivity index (χ1v) is 7.26. The summed E-state index contributed by atoms with van der Waals surface area (Å²) in [5.41, 5.74) is 0.665. The van der Waals surface area contributed by atoms with E-state index in [-0.39, 0.29) is 17.9 Å². The molecular formula is C16H15N5O3. The van der Waals surface area contributed by atoms with Gasteiger partial charge in [0.2, 0.25) is 0 Å². The van der Waals surface area contributed by atoms with Crippen molar-refractivity contribution < 1.29 is 9.72 Å². The smallest absolute Gasteiger partial charge is 0.277 e. The topological polar surface area (TPSA) is 103 Å². The Balaban J connectivity index is 1.99. The summed E-state index contributed by atoms with van der Waals surface area (Å²) >= 11 is 0. The van der Waals surface area contributed by atoms with Gasteiger partial charge in [0.15, 0.2) is 0 Å². The zero-order chi connectivity index (χ0) is 17.3. The number of carbonyl (C=O) groups is 1. The number of imidazole rings is 1. The van der Waals surface area contributed by atoms with Crippen molar-refractivity contribution in [3.05, 3.63) is 64.0 Å². The van der Waals surface area contributed by atoms with Crippen molar-refractivity contribution in [1.29, 1.82) is 0 Å². The highest BCUT2D eigenvalue weighted by Crippen LogP contribution is 2.27. The fourth-order valence-electron chi connectivity index (χ4n) is 2.53. The van der Waals surface area contributed by atoms with Crippen LogP contribution in [0.3, 0.4) is 0 Å². The number of pyridine rings is 1. The summed E-state index contributed by atoms with van der Waals surface area (Å²) in [6.45, 7) is 1.94. The highest BCUT2D eigenvalue weighted by Gasteiger charge is 2.19. The zero-order valence-corrected chi connectivity index (χ0v) is 13.2. The number of aryl methyl sites for hydroxylation is 2. The quantitative estimate of drug-likeness (QED) is 0.584. The number of fused-ring (bicyclic) bond motifs is 1. The Morgan fingerprint density at radius 2 is 2.17 bits per heavy atom. The molecule has 0 aliphatic rings. The predicted octanol–water partition coefficient (Wildman–Crippen LogP) is 2.11. The monoisotopic (exact) mass is 325 g/mol. The van der Waals surface area contributed by atoms with Gasteiger partial charge in [0, 0.05) is 36.6 Å². The zero-order valence-electron chi connectivity index (χ0n) is 13.2. The van der Waals surface area contributed by atoms with E-state index in [1.807, 2.05) is 7.05 Å². The molecule has 0 radical (unpaired) electrons. The van der Waals surface area contributed by atoms with Gasteiger partial charge in [0.05, 0.1) is 16.9 Å². The molecule has 8 heteroatoms. The fourth-order valence-corrected chi connectivity index (χ4v) is 2.53. The number of amides is 1. The fraction of sp³-hybridized carbons (Fsp3) is 0.188. The summed E-state index contributed by atoms with van der Waals surface area (Å²) < 4.78 is 1.80. The Labute approximate surface area is 137 Å². The van der Waals surface area contributed by atoms with Crippen LogP contribution in [-0.2, 0) is 13.6 Å². The first-order chi connectivity index (χ1) is 11.5. The second-order valence-corrected chi connectivity index (χ2v) is 5.38. The van der Waals surface area contributed by atoms with Crippen LogP contribution in [0.4, 0.5) is 5.69 Å². The molecule has 1 N–H and O–H groups in total. The molecule has 3 aromatic rings. The highest BCUT2D eigenvalue weighted by molar-refractivity contribution is 6.07. The third kappa shape index (κ3) is 2.81. The minimum absolute atomic E-state index is 0.0452. The molecule has 1 aromatic carbocycles. The van der Waals surface area contributed by atoms with E-state index in [1.165, 1.54) is 6.07 Å². The molecule has 8 nitrogen and oxygen atoms in total. The van der Waals surface area contributed by atoms with Crippen LogP contribution in [0.2, 0.25) is 0 Å². The van der Waals surface area contributed by atoms with Gasteiger partial charge < -0.3 is 9.88 Å². The van der Waals surface area contributed by atoms with Gasteiger partial charge >= 0.3 is 0 Å². The predicted molar refractivity (Wildman–Crippen MR) is 87.5 cm³/mol. The van der Waals surface area contributed by atoms with Crippen molar-refractivity contribution in [2.45, 2.75) is 13.5 Å². The molecule has 0 aliphatic heterocycles. The average molecular weight is 325 g/mol. The molecule has 2 aromatic heterocycles. The van der Waals surface area contributed by atoms with Gasteiger partial charge in [-0.05, 0) is 13.0 Å². The van der Waals surface area contributed by atoms with E-state index >= 15 is 0 Å². The highest BCUT2D eigenvalue weighted by atomic mass is 16.6. The van der Waals surface area contributed by atoms with Crippen LogP contribution in [0.25, 0.3) is 10.8 Å². The first-order valence-electron chi connectivity index (χ1n) is 7.26. The summed E-state index contributed by atoms with van der Waals surface area (Å²) in [7, 11) is 1.83. The first kappa shape index (κ1) is 15.6. The minimum Gasteiger partial charge on any atom is -0.343 e. The summed E-state index contributed by atoms with van der Waals surface area (Å²) in [6, 6.07) is 6.23. The minimum atomic E-state index is -0.461. The molecule has 0 saturated carbocycles. The van der Waals surface area contributed by atoms with Crippen LogP contribution in [0.5, 0.6) is 0 Å². The number of hydrogen-bond acceptors (Lipinski definition) is 5. The number of non-ortho nitro benzene ring substituents is 1. The van der Waals surface area contributed by atoms with E-state index in [2.05, 4.69) is 15.3 Å². The number of aromatic nitrogens is 3. The Bertz CT molecular complexity index is 948. The maximum atomic E-state index is 12.5. The molecule has 122 valence electrons. The van der Waals surface area contributed by atoms with E-state index in [0.29, 0.717) is 22.3 Å². The molecule has 24 heavy (non-hydrogen) atoms. The molecular weight excluding hydrogens is 310 g/mol. The number of nitro benzene ring substituents is 1. The number of carbonyl (C=O) groups excluding carboxylic acids is 1. The van der Waals surface area contributed by atoms with E-state index < -0.39 is 10.8 Å². The summed E-state index contributed by atoms with van der Waals surface area (Å²) in [5, 5.41) is 14.8. The van der Waals surface area contributed by atoms with Crippen LogP contribution in [0.1, 0.15) is 22.0 Å². The van der Waals surface area contributed by atoms with Crippen molar-refractivity contribution in [3.8, 4) is 0 Å². The maximum Gasteiger partial charge on any atom is 0.277 e. The number of nitrogens with one attached hydrogen (secondary N) is 1. The third-order valence-corrected chi connectivity index (χ3v) is 3.72. The van der Waals surface area contributed by atoms with Gasteiger partial charge in [-0.2, -0.15) is 0 Å². The lowest BCUT2D eigenvalue weighted by Crippen LogP contribution is -2.25. The average Bonchev–Trinajstić information content (AvgIpc) is 2.96. The van der Waals surface area contributed by atoms with Crippen molar-refractivity contribution in [3.63, 3.8) is 0 Å². The number of benzene rings is 1. The number of nitro groups is 1. The molecule has 2 heterocycles. The van der Waals surface area contributed by atoms with E-state index in [4.69, 9.17) is 0 Å². The standard InChI is InChI=1S/C16H15N5O3/c1-10-8-12-11(4-3-5-13(12)21(23)24)15(19-10)16(22)18-9-14-17-6-7-20(14)2/h3-8H,9H2,1-2H3,(H,18,22). The van der Waals surface area contributed by atoms with Crippen molar-refractivity contribution in [1.82, 2.24) is 19.9 Å². The molecule has 0 unspecified atom stereocenters. The Kier molecular flexibility index (Phi) is 3.95. The van der Waals surface area contributed by atoms with Crippen molar-refractivity contribution in [2.24, 2.45) is 7.05 Å². The van der Waals surface area contributed by atoms with Gasteiger partial charge in [0.1, 0.15) is 11.5 Å². The molecule has 0 atom stereocenters. The molecule has 0 bridgehead atoms. The molecule has 0 spiro atoms. The van der Waals surface area contributed by atoms with Crippen LogP contribution in [-0.4, -0.2) is 25.4 Å². The second-order valence-electron chi connectivity index (χ2n) is 5.38. The SMILES string of the molecule is Cc1cc2c([N+](=O)[O-])cccc2c(C(=O)NCc2nccn2C)n1. The lowest BCUT2D eigenvalue weighted by Gasteiger charge is -2.09. The largest absolute Gasteiger partial charge is 0.343 e. The Hall–Kier alpha value is -3.29. The second kappa shape index (κ2) is 6.07. The van der Waals surface area contributed by atoms with E-state index in [1.54, 1.807) is 42.1 Å². The Morgan fingerprint density at radius 1 is 1.38 bits per heavy atom. The lowest BCUT2D eigenvalue weighted by atomic mass is 10.1. The van der Waals surface area contributed by atoms with Gasteiger partial charge in [-0.15, -0.1) is 0 Å². The number of hydrogen-bond donors (Lipinski definition) is 1.